The van der Waals surface area contributed by atoms with E-state index in [0.717, 1.165) is 31.6 Å². The van der Waals surface area contributed by atoms with Crippen LogP contribution in [-0.4, -0.2) is 48.9 Å². The maximum atomic E-state index is 12.4. The summed E-state index contributed by atoms with van der Waals surface area (Å²) < 4.78 is 0. The number of hydrogen-bond donors (Lipinski definition) is 1. The predicted octanol–water partition coefficient (Wildman–Crippen LogP) is 3.20. The van der Waals surface area contributed by atoms with Crippen molar-refractivity contribution >= 4 is 17.5 Å². The summed E-state index contributed by atoms with van der Waals surface area (Å²) in [7, 11) is 0. The van der Waals surface area contributed by atoms with Gasteiger partial charge in [0, 0.05) is 43.3 Å². The van der Waals surface area contributed by atoms with Gasteiger partial charge in [0.05, 0.1) is 0 Å². The van der Waals surface area contributed by atoms with Gasteiger partial charge < -0.3 is 15.1 Å². The molecule has 5 nitrogen and oxygen atoms in total. The van der Waals surface area contributed by atoms with Crippen molar-refractivity contribution in [3.63, 3.8) is 0 Å². The standard InChI is InChI=1S/C21H31N3O2/c1-2-18-9-3-4-13-23(18)14-7-12-22-21(26)17-8-5-10-19(16-17)24-15-6-11-20(24)25/h5,8,10,16,18H,2-4,6-7,9,11-15H2,1H3,(H,22,26)/t18-/m0/s1. The Bertz CT molecular complexity index is 631. The Labute approximate surface area is 156 Å². The van der Waals surface area contributed by atoms with Crippen molar-refractivity contribution in [3.8, 4) is 0 Å². The molecule has 1 aromatic carbocycles. The first-order chi connectivity index (χ1) is 12.7. The molecular formula is C21H31N3O2. The maximum Gasteiger partial charge on any atom is 0.251 e. The number of carbonyl (C=O) groups is 2. The van der Waals surface area contributed by atoms with Crippen LogP contribution in [0.4, 0.5) is 5.69 Å². The molecule has 2 aliphatic rings. The topological polar surface area (TPSA) is 52.7 Å². The molecule has 1 aromatic rings. The number of benzene rings is 1. The van der Waals surface area contributed by atoms with Crippen LogP contribution in [0.15, 0.2) is 24.3 Å². The molecule has 0 aliphatic carbocycles. The Morgan fingerprint density at radius 2 is 2.12 bits per heavy atom. The fourth-order valence-corrected chi connectivity index (χ4v) is 4.14. The lowest BCUT2D eigenvalue weighted by molar-refractivity contribution is -0.117. The molecule has 26 heavy (non-hydrogen) atoms. The van der Waals surface area contributed by atoms with Crippen LogP contribution in [0.5, 0.6) is 0 Å². The molecule has 5 heteroatoms. The van der Waals surface area contributed by atoms with Gasteiger partial charge in [-0.25, -0.2) is 0 Å². The van der Waals surface area contributed by atoms with E-state index in [1.54, 1.807) is 4.90 Å². The van der Waals surface area contributed by atoms with E-state index >= 15 is 0 Å². The SMILES string of the molecule is CC[C@H]1CCCCN1CCCNC(=O)c1cccc(N2CCCC2=O)c1. The van der Waals surface area contributed by atoms with E-state index in [9.17, 15) is 9.59 Å². The lowest BCUT2D eigenvalue weighted by Gasteiger charge is -2.35. The van der Waals surface area contributed by atoms with Gasteiger partial charge in [0.2, 0.25) is 5.91 Å². The highest BCUT2D eigenvalue weighted by atomic mass is 16.2. The molecule has 2 aliphatic heterocycles. The fraction of sp³-hybridized carbons (Fsp3) is 0.619. The molecule has 1 N–H and O–H groups in total. The molecule has 142 valence electrons. The summed E-state index contributed by atoms with van der Waals surface area (Å²) in [5.41, 5.74) is 1.46. The van der Waals surface area contributed by atoms with E-state index in [2.05, 4.69) is 17.1 Å². The molecule has 3 rings (SSSR count). The third-order valence-electron chi connectivity index (χ3n) is 5.62. The third kappa shape index (κ3) is 4.64. The molecule has 2 fully saturated rings. The number of carbonyl (C=O) groups excluding carboxylic acids is 2. The molecule has 0 aromatic heterocycles. The van der Waals surface area contributed by atoms with E-state index in [1.165, 1.54) is 32.2 Å². The first-order valence-corrected chi connectivity index (χ1v) is 10.1. The highest BCUT2D eigenvalue weighted by Gasteiger charge is 2.22. The number of piperidine rings is 1. The van der Waals surface area contributed by atoms with Gasteiger partial charge in [0.25, 0.3) is 5.91 Å². The lowest BCUT2D eigenvalue weighted by atomic mass is 10.00. The molecule has 2 amide bonds. The van der Waals surface area contributed by atoms with Crippen molar-refractivity contribution in [2.45, 2.75) is 57.9 Å². The van der Waals surface area contributed by atoms with Crippen molar-refractivity contribution in [2.75, 3.05) is 31.1 Å². The molecule has 2 heterocycles. The van der Waals surface area contributed by atoms with E-state index in [-0.39, 0.29) is 11.8 Å². The Balaban J connectivity index is 1.47. The van der Waals surface area contributed by atoms with Gasteiger partial charge in [0.1, 0.15) is 0 Å². The Morgan fingerprint density at radius 3 is 2.88 bits per heavy atom. The zero-order valence-electron chi connectivity index (χ0n) is 15.9. The maximum absolute atomic E-state index is 12.4. The summed E-state index contributed by atoms with van der Waals surface area (Å²) in [6.07, 6.45) is 7.65. The number of nitrogens with zero attached hydrogens (tertiary/aromatic N) is 2. The molecular weight excluding hydrogens is 326 g/mol. The van der Waals surface area contributed by atoms with Crippen LogP contribution in [0.2, 0.25) is 0 Å². The number of anilines is 1. The Kier molecular flexibility index (Phi) is 6.67. The highest BCUT2D eigenvalue weighted by molar-refractivity contribution is 5.99. The zero-order chi connectivity index (χ0) is 18.4. The number of nitrogens with one attached hydrogen (secondary N) is 1. The Morgan fingerprint density at radius 1 is 1.23 bits per heavy atom. The fourth-order valence-electron chi connectivity index (χ4n) is 4.14. The second-order valence-corrected chi connectivity index (χ2v) is 7.40. The molecule has 2 saturated heterocycles. The van der Waals surface area contributed by atoms with E-state index in [4.69, 9.17) is 0 Å². The van der Waals surface area contributed by atoms with Gasteiger partial charge in [-0.2, -0.15) is 0 Å². The van der Waals surface area contributed by atoms with Crippen LogP contribution < -0.4 is 10.2 Å². The molecule has 0 saturated carbocycles. The quantitative estimate of drug-likeness (QED) is 0.763. The summed E-state index contributed by atoms with van der Waals surface area (Å²) in [6.45, 7) is 5.96. The first-order valence-electron chi connectivity index (χ1n) is 10.1. The molecule has 0 radical (unpaired) electrons. The second kappa shape index (κ2) is 9.17. The minimum absolute atomic E-state index is 0.0517. The van der Waals surface area contributed by atoms with Gasteiger partial charge in [-0.05, 0) is 56.8 Å². The van der Waals surface area contributed by atoms with E-state index in [1.807, 2.05) is 24.3 Å². The number of likely N-dealkylation sites (tertiary alicyclic amines) is 1. The van der Waals surface area contributed by atoms with Crippen LogP contribution in [0.3, 0.4) is 0 Å². The number of rotatable bonds is 7. The van der Waals surface area contributed by atoms with Crippen molar-refractivity contribution in [1.82, 2.24) is 10.2 Å². The van der Waals surface area contributed by atoms with Crippen LogP contribution in [0.25, 0.3) is 0 Å². The second-order valence-electron chi connectivity index (χ2n) is 7.40. The molecule has 0 bridgehead atoms. The normalized spacial score (nSPS) is 21.2. The Hall–Kier alpha value is -1.88. The third-order valence-corrected chi connectivity index (χ3v) is 5.62. The van der Waals surface area contributed by atoms with Crippen molar-refractivity contribution in [1.29, 1.82) is 0 Å². The van der Waals surface area contributed by atoms with E-state index in [0.29, 0.717) is 24.6 Å². The van der Waals surface area contributed by atoms with Gasteiger partial charge in [-0.1, -0.05) is 19.4 Å². The van der Waals surface area contributed by atoms with Crippen LogP contribution in [0.1, 0.15) is 62.2 Å². The zero-order valence-corrected chi connectivity index (χ0v) is 15.9. The van der Waals surface area contributed by atoms with Gasteiger partial charge in [-0.3, -0.25) is 9.59 Å². The van der Waals surface area contributed by atoms with Crippen LogP contribution in [0, 0.1) is 0 Å². The van der Waals surface area contributed by atoms with Crippen LogP contribution >= 0.6 is 0 Å². The molecule has 1 atom stereocenters. The van der Waals surface area contributed by atoms with Crippen molar-refractivity contribution in [3.05, 3.63) is 29.8 Å². The van der Waals surface area contributed by atoms with Crippen molar-refractivity contribution in [2.24, 2.45) is 0 Å². The summed E-state index contributed by atoms with van der Waals surface area (Å²) in [6, 6.07) is 8.12. The van der Waals surface area contributed by atoms with E-state index < -0.39 is 0 Å². The minimum atomic E-state index is -0.0517. The monoisotopic (exact) mass is 357 g/mol. The largest absolute Gasteiger partial charge is 0.352 e. The lowest BCUT2D eigenvalue weighted by Crippen LogP contribution is -2.40. The number of amides is 2. The average Bonchev–Trinajstić information content (AvgIpc) is 3.11. The summed E-state index contributed by atoms with van der Waals surface area (Å²) in [5.74, 6) is 0.0961. The van der Waals surface area contributed by atoms with Gasteiger partial charge in [-0.15, -0.1) is 0 Å². The summed E-state index contributed by atoms with van der Waals surface area (Å²) in [5, 5.41) is 3.03. The van der Waals surface area contributed by atoms with Gasteiger partial charge >= 0.3 is 0 Å². The summed E-state index contributed by atoms with van der Waals surface area (Å²) in [4.78, 5) is 28.7. The highest BCUT2D eigenvalue weighted by Crippen LogP contribution is 2.22. The molecule has 0 spiro atoms. The minimum Gasteiger partial charge on any atom is -0.352 e. The van der Waals surface area contributed by atoms with Crippen molar-refractivity contribution < 1.29 is 9.59 Å². The van der Waals surface area contributed by atoms with Crippen LogP contribution in [-0.2, 0) is 4.79 Å². The summed E-state index contributed by atoms with van der Waals surface area (Å²) >= 11 is 0. The smallest absolute Gasteiger partial charge is 0.251 e. The van der Waals surface area contributed by atoms with Gasteiger partial charge in [0.15, 0.2) is 0 Å². The molecule has 0 unspecified atom stereocenters. The number of hydrogen-bond acceptors (Lipinski definition) is 3. The predicted molar refractivity (Wildman–Crippen MR) is 104 cm³/mol. The average molecular weight is 357 g/mol. The first kappa shape index (κ1) is 18.9.